The smallest absolute Gasteiger partial charge is 0.363 e. The first-order valence-electron chi connectivity index (χ1n) is 11.9. The molecule has 0 N–H and O–H groups in total. The molecule has 41 heavy (non-hydrogen) atoms. The monoisotopic (exact) mass is 560 g/mol. The van der Waals surface area contributed by atoms with E-state index in [0.29, 0.717) is 33.9 Å². The zero-order valence-electron chi connectivity index (χ0n) is 22.4. The maximum Gasteiger partial charge on any atom is 0.363 e. The molecule has 0 saturated carbocycles. The van der Waals surface area contributed by atoms with E-state index in [0.717, 1.165) is 6.08 Å². The number of hydrogen-bond donors (Lipinski definition) is 0. The number of ether oxygens (including phenoxy) is 6. The van der Waals surface area contributed by atoms with Crippen molar-refractivity contribution in [3.63, 3.8) is 0 Å². The van der Waals surface area contributed by atoms with Gasteiger partial charge < -0.3 is 28.4 Å². The van der Waals surface area contributed by atoms with Crippen LogP contribution in [0.25, 0.3) is 12.2 Å². The van der Waals surface area contributed by atoms with Crippen molar-refractivity contribution in [2.75, 3.05) is 28.4 Å². The Hall–Kier alpha value is -5.65. The summed E-state index contributed by atoms with van der Waals surface area (Å²) in [7, 11) is 5.81. The van der Waals surface area contributed by atoms with E-state index in [1.807, 2.05) is 0 Å². The molecule has 1 heterocycles. The van der Waals surface area contributed by atoms with Crippen LogP contribution in [0, 0.1) is 10.1 Å². The van der Waals surface area contributed by atoms with Crippen LogP contribution in [0.4, 0.5) is 5.69 Å². The Morgan fingerprint density at radius 2 is 1.59 bits per heavy atom. The van der Waals surface area contributed by atoms with Gasteiger partial charge in [0.2, 0.25) is 11.6 Å². The second-order valence-corrected chi connectivity index (χ2v) is 8.27. The van der Waals surface area contributed by atoms with Gasteiger partial charge in [0.05, 0.1) is 33.4 Å². The third-order valence-electron chi connectivity index (χ3n) is 5.73. The van der Waals surface area contributed by atoms with Crippen LogP contribution < -0.4 is 23.7 Å². The SMILES string of the molecule is COc1cc(/C=C2\N=C(c3cc(OC)c(OC)c(OC)c3)OC2=O)ccc1OC(=O)/C=C/c1cccc([N+](=O)[O-])c1. The van der Waals surface area contributed by atoms with E-state index in [9.17, 15) is 19.7 Å². The Balaban J connectivity index is 1.54. The van der Waals surface area contributed by atoms with Gasteiger partial charge in [0.15, 0.2) is 28.7 Å². The topological polar surface area (TPSA) is 145 Å². The first kappa shape index (κ1) is 28.4. The van der Waals surface area contributed by atoms with Crippen LogP contribution in [-0.2, 0) is 14.3 Å². The van der Waals surface area contributed by atoms with E-state index in [-0.39, 0.29) is 28.8 Å². The molecule has 1 aliphatic rings. The highest BCUT2D eigenvalue weighted by atomic mass is 16.6. The molecule has 1 aliphatic heterocycles. The average molecular weight is 561 g/mol. The van der Waals surface area contributed by atoms with Gasteiger partial charge in [-0.2, -0.15) is 0 Å². The van der Waals surface area contributed by atoms with Crippen LogP contribution in [0.2, 0.25) is 0 Å². The molecule has 3 aromatic carbocycles. The molecule has 3 aromatic rings. The Kier molecular flexibility index (Phi) is 8.63. The maximum absolute atomic E-state index is 12.6. The van der Waals surface area contributed by atoms with Crippen molar-refractivity contribution in [1.29, 1.82) is 0 Å². The molecule has 0 bridgehead atoms. The third kappa shape index (κ3) is 6.50. The van der Waals surface area contributed by atoms with Gasteiger partial charge in [-0.3, -0.25) is 10.1 Å². The number of aliphatic imine (C=N–C) groups is 1. The standard InChI is InChI=1S/C29H24N2O10/c1-36-23-14-18(8-10-22(23)40-26(32)11-9-17-6-5-7-20(12-17)31(34)35)13-21-29(33)41-28(30-21)19-15-24(37-2)27(39-4)25(16-19)38-3/h5-16H,1-4H3/b11-9+,21-13-. The summed E-state index contributed by atoms with van der Waals surface area (Å²) in [6.07, 6.45) is 4.03. The minimum atomic E-state index is -0.722. The van der Waals surface area contributed by atoms with Crippen molar-refractivity contribution in [2.24, 2.45) is 4.99 Å². The number of esters is 2. The quantitative estimate of drug-likeness (QED) is 0.113. The lowest BCUT2D eigenvalue weighted by Crippen LogP contribution is -2.07. The lowest BCUT2D eigenvalue weighted by molar-refractivity contribution is -0.384. The Bertz CT molecular complexity index is 1580. The molecule has 0 amide bonds. The lowest BCUT2D eigenvalue weighted by Gasteiger charge is -2.13. The highest BCUT2D eigenvalue weighted by Crippen LogP contribution is 2.39. The first-order chi connectivity index (χ1) is 19.8. The molecule has 0 aromatic heterocycles. The van der Waals surface area contributed by atoms with Gasteiger partial charge in [-0.25, -0.2) is 14.6 Å². The summed E-state index contributed by atoms with van der Waals surface area (Å²) in [5.41, 5.74) is 1.35. The van der Waals surface area contributed by atoms with E-state index in [4.69, 9.17) is 28.4 Å². The van der Waals surface area contributed by atoms with Crippen molar-refractivity contribution < 1.29 is 42.9 Å². The molecule has 0 spiro atoms. The fourth-order valence-electron chi connectivity index (χ4n) is 3.80. The van der Waals surface area contributed by atoms with Crippen LogP contribution in [-0.4, -0.2) is 51.2 Å². The normalized spacial score (nSPS) is 13.5. The van der Waals surface area contributed by atoms with Gasteiger partial charge in [-0.15, -0.1) is 0 Å². The predicted molar refractivity (Wildman–Crippen MR) is 147 cm³/mol. The number of carbonyl (C=O) groups excluding carboxylic acids is 2. The van der Waals surface area contributed by atoms with E-state index < -0.39 is 16.9 Å². The summed E-state index contributed by atoms with van der Waals surface area (Å²) in [6, 6.07) is 13.7. The van der Waals surface area contributed by atoms with E-state index >= 15 is 0 Å². The van der Waals surface area contributed by atoms with Crippen molar-refractivity contribution >= 4 is 35.7 Å². The van der Waals surface area contributed by atoms with Gasteiger partial charge >= 0.3 is 11.9 Å². The summed E-state index contributed by atoms with van der Waals surface area (Å²) in [4.78, 5) is 39.7. The molecule has 4 rings (SSSR count). The van der Waals surface area contributed by atoms with Gasteiger partial charge in [0, 0.05) is 23.8 Å². The van der Waals surface area contributed by atoms with Gasteiger partial charge in [-0.1, -0.05) is 18.2 Å². The van der Waals surface area contributed by atoms with Crippen LogP contribution in [0.1, 0.15) is 16.7 Å². The van der Waals surface area contributed by atoms with Gasteiger partial charge in [-0.05, 0) is 47.5 Å². The lowest BCUT2D eigenvalue weighted by atomic mass is 10.1. The fraction of sp³-hybridized carbons (Fsp3) is 0.138. The zero-order valence-corrected chi connectivity index (χ0v) is 22.4. The molecular formula is C29H24N2O10. The molecule has 0 radical (unpaired) electrons. The van der Waals surface area contributed by atoms with Crippen LogP contribution in [0.15, 0.2) is 71.4 Å². The number of rotatable bonds is 10. The van der Waals surface area contributed by atoms with Crippen LogP contribution in [0.3, 0.4) is 0 Å². The Labute approximate surface area is 234 Å². The molecule has 0 unspecified atom stereocenters. The van der Waals surface area contributed by atoms with Crippen molar-refractivity contribution in [1.82, 2.24) is 0 Å². The third-order valence-corrected chi connectivity index (χ3v) is 5.73. The highest BCUT2D eigenvalue weighted by Gasteiger charge is 2.26. The van der Waals surface area contributed by atoms with Gasteiger partial charge in [0.1, 0.15) is 0 Å². The zero-order chi connectivity index (χ0) is 29.5. The number of hydrogen-bond acceptors (Lipinski definition) is 11. The molecule has 0 fully saturated rings. The number of nitrogens with zero attached hydrogens (tertiary/aromatic N) is 2. The van der Waals surface area contributed by atoms with E-state index in [2.05, 4.69) is 4.99 Å². The molecule has 0 atom stereocenters. The van der Waals surface area contributed by atoms with E-state index in [1.165, 1.54) is 64.9 Å². The largest absolute Gasteiger partial charge is 0.493 e. The molecular weight excluding hydrogens is 536 g/mol. The number of methoxy groups -OCH3 is 4. The molecule has 0 aliphatic carbocycles. The fourth-order valence-corrected chi connectivity index (χ4v) is 3.80. The maximum atomic E-state index is 12.6. The summed E-state index contributed by atoms with van der Waals surface area (Å²) in [5.74, 6) is 0.117. The molecule has 12 heteroatoms. The summed E-state index contributed by atoms with van der Waals surface area (Å²) in [5, 5.41) is 10.9. The summed E-state index contributed by atoms with van der Waals surface area (Å²) >= 11 is 0. The summed E-state index contributed by atoms with van der Waals surface area (Å²) < 4.78 is 32.1. The number of cyclic esters (lactones) is 1. The predicted octanol–water partition coefficient (Wildman–Crippen LogP) is 4.59. The van der Waals surface area contributed by atoms with Gasteiger partial charge in [0.25, 0.3) is 5.69 Å². The average Bonchev–Trinajstić information content (AvgIpc) is 3.35. The first-order valence-corrected chi connectivity index (χ1v) is 11.9. The molecule has 210 valence electrons. The number of non-ortho nitro benzene ring substituents is 1. The van der Waals surface area contributed by atoms with E-state index in [1.54, 1.807) is 30.3 Å². The summed E-state index contributed by atoms with van der Waals surface area (Å²) in [6.45, 7) is 0. The number of benzene rings is 3. The number of nitro groups is 1. The van der Waals surface area contributed by atoms with Crippen LogP contribution in [0.5, 0.6) is 28.7 Å². The van der Waals surface area contributed by atoms with Crippen molar-refractivity contribution in [3.8, 4) is 28.7 Å². The second-order valence-electron chi connectivity index (χ2n) is 8.27. The molecule has 12 nitrogen and oxygen atoms in total. The minimum Gasteiger partial charge on any atom is -0.493 e. The number of carbonyl (C=O) groups is 2. The second kappa shape index (κ2) is 12.5. The number of nitro benzene ring substituents is 1. The van der Waals surface area contributed by atoms with Crippen molar-refractivity contribution in [2.45, 2.75) is 0 Å². The van der Waals surface area contributed by atoms with Crippen molar-refractivity contribution in [3.05, 3.63) is 93.2 Å². The minimum absolute atomic E-state index is 0.0282. The highest BCUT2D eigenvalue weighted by molar-refractivity contribution is 6.13. The van der Waals surface area contributed by atoms with Crippen LogP contribution >= 0.6 is 0 Å². The Morgan fingerprint density at radius 3 is 2.22 bits per heavy atom. The molecule has 0 saturated heterocycles. The Morgan fingerprint density at radius 1 is 0.878 bits per heavy atom.